The van der Waals surface area contributed by atoms with Crippen LogP contribution >= 0.6 is 11.6 Å². The molecule has 5 heteroatoms. The third-order valence-corrected chi connectivity index (χ3v) is 2.69. The van der Waals surface area contributed by atoms with Crippen LogP contribution in [0.4, 0.5) is 5.69 Å². The minimum atomic E-state index is -1.08. The van der Waals surface area contributed by atoms with Gasteiger partial charge in [0.05, 0.1) is 10.7 Å². The van der Waals surface area contributed by atoms with Crippen molar-refractivity contribution >= 4 is 29.2 Å². The minimum absolute atomic E-state index is 0.192. The Balaban J connectivity index is 2.20. The van der Waals surface area contributed by atoms with Crippen molar-refractivity contribution in [1.29, 1.82) is 0 Å². The Morgan fingerprint density at radius 3 is 2.67 bits per heavy atom. The predicted octanol–water partition coefficient (Wildman–Crippen LogP) is 1.39. The number of β-lactam (4-membered cyclic amide) rings is 1. The summed E-state index contributed by atoms with van der Waals surface area (Å²) in [5.74, 6) is -2.40. The van der Waals surface area contributed by atoms with E-state index in [4.69, 9.17) is 16.7 Å². The number of halogens is 1. The number of nitrogens with zero attached hydrogens (tertiary/aromatic N) is 1. The number of carbonyl (C=O) groups excluding carboxylic acids is 1. The van der Waals surface area contributed by atoms with Crippen LogP contribution in [-0.4, -0.2) is 23.5 Å². The van der Waals surface area contributed by atoms with Gasteiger partial charge in [0, 0.05) is 6.54 Å². The molecule has 15 heavy (non-hydrogen) atoms. The van der Waals surface area contributed by atoms with Gasteiger partial charge in [0.2, 0.25) is 5.91 Å². The Labute approximate surface area is 91.1 Å². The van der Waals surface area contributed by atoms with Crippen molar-refractivity contribution in [3.05, 3.63) is 29.3 Å². The van der Waals surface area contributed by atoms with Crippen molar-refractivity contribution in [3.8, 4) is 0 Å². The Kier molecular flexibility index (Phi) is 2.36. The molecule has 1 amide bonds. The molecule has 0 radical (unpaired) electrons. The molecule has 78 valence electrons. The monoisotopic (exact) mass is 225 g/mol. The van der Waals surface area contributed by atoms with E-state index >= 15 is 0 Å². The molecule has 1 aromatic carbocycles. The van der Waals surface area contributed by atoms with E-state index in [0.717, 1.165) is 0 Å². The van der Waals surface area contributed by atoms with E-state index < -0.39 is 17.8 Å². The summed E-state index contributed by atoms with van der Waals surface area (Å²) >= 11 is 5.88. The molecule has 4 nitrogen and oxygen atoms in total. The van der Waals surface area contributed by atoms with Gasteiger partial charge < -0.3 is 10.0 Å². The Bertz CT molecular complexity index is 432. The Morgan fingerprint density at radius 2 is 2.13 bits per heavy atom. The fourth-order valence-corrected chi connectivity index (χ4v) is 1.74. The van der Waals surface area contributed by atoms with Crippen LogP contribution in [0.2, 0.25) is 5.02 Å². The van der Waals surface area contributed by atoms with Crippen LogP contribution in [0.1, 0.15) is 0 Å². The maximum atomic E-state index is 11.4. The number of hydrogen-bond donors (Lipinski definition) is 1. The van der Waals surface area contributed by atoms with Crippen LogP contribution in [0.3, 0.4) is 0 Å². The molecule has 1 heterocycles. The number of para-hydroxylation sites is 1. The second kappa shape index (κ2) is 3.55. The molecule has 1 aliphatic heterocycles. The summed E-state index contributed by atoms with van der Waals surface area (Å²) in [6, 6.07) is 6.87. The molecule has 0 aromatic heterocycles. The number of carboxylic acids is 1. The summed E-state index contributed by atoms with van der Waals surface area (Å²) in [5.41, 5.74) is 0.571. The highest BCUT2D eigenvalue weighted by atomic mass is 35.5. The predicted molar refractivity (Wildman–Crippen MR) is 54.9 cm³/mol. The van der Waals surface area contributed by atoms with Crippen molar-refractivity contribution in [2.75, 3.05) is 11.4 Å². The average molecular weight is 226 g/mol. The first kappa shape index (κ1) is 9.98. The quantitative estimate of drug-likeness (QED) is 0.611. The number of hydrogen-bond acceptors (Lipinski definition) is 2. The molecule has 1 N–H and O–H groups in total. The van der Waals surface area contributed by atoms with Gasteiger partial charge in [-0.25, -0.2) is 0 Å². The minimum Gasteiger partial charge on any atom is -0.481 e. The molecule has 1 unspecified atom stereocenters. The zero-order valence-electron chi connectivity index (χ0n) is 7.68. The van der Waals surface area contributed by atoms with Crippen molar-refractivity contribution in [3.63, 3.8) is 0 Å². The largest absolute Gasteiger partial charge is 0.481 e. The number of rotatable bonds is 2. The smallest absolute Gasteiger partial charge is 0.317 e. The fraction of sp³-hybridized carbons (Fsp3) is 0.200. The van der Waals surface area contributed by atoms with Crippen molar-refractivity contribution in [2.45, 2.75) is 0 Å². The van der Waals surface area contributed by atoms with E-state index in [1.165, 1.54) is 4.90 Å². The zero-order valence-corrected chi connectivity index (χ0v) is 8.44. The lowest BCUT2D eigenvalue weighted by Gasteiger charge is -2.36. The lowest BCUT2D eigenvalue weighted by Crippen LogP contribution is -2.56. The zero-order chi connectivity index (χ0) is 11.0. The average Bonchev–Trinajstić information content (AvgIpc) is 2.18. The summed E-state index contributed by atoms with van der Waals surface area (Å²) in [7, 11) is 0. The van der Waals surface area contributed by atoms with Gasteiger partial charge in [-0.05, 0) is 12.1 Å². The van der Waals surface area contributed by atoms with Crippen molar-refractivity contribution in [1.82, 2.24) is 0 Å². The summed E-state index contributed by atoms with van der Waals surface area (Å²) in [6.07, 6.45) is 0. The van der Waals surface area contributed by atoms with E-state index in [1.807, 2.05) is 0 Å². The van der Waals surface area contributed by atoms with E-state index in [-0.39, 0.29) is 6.54 Å². The number of anilines is 1. The SMILES string of the molecule is O=C(O)C1CN(c2ccccc2Cl)C1=O. The van der Waals surface area contributed by atoms with Crippen molar-refractivity contribution < 1.29 is 14.7 Å². The molecule has 2 rings (SSSR count). The number of carbonyl (C=O) groups is 2. The maximum absolute atomic E-state index is 11.4. The second-order valence-electron chi connectivity index (χ2n) is 3.29. The second-order valence-corrected chi connectivity index (χ2v) is 3.70. The van der Waals surface area contributed by atoms with Gasteiger partial charge in [-0.1, -0.05) is 23.7 Å². The lowest BCUT2D eigenvalue weighted by atomic mass is 9.98. The summed E-state index contributed by atoms with van der Waals surface area (Å²) in [4.78, 5) is 23.4. The van der Waals surface area contributed by atoms with Crippen LogP contribution in [0, 0.1) is 5.92 Å². The highest BCUT2D eigenvalue weighted by Crippen LogP contribution is 2.31. The van der Waals surface area contributed by atoms with Crippen LogP contribution in [0.15, 0.2) is 24.3 Å². The topological polar surface area (TPSA) is 57.6 Å². The first-order valence-electron chi connectivity index (χ1n) is 4.40. The molecule has 1 aromatic rings. The third kappa shape index (κ3) is 1.57. The van der Waals surface area contributed by atoms with Crippen LogP contribution < -0.4 is 4.90 Å². The molecular formula is C10H8ClNO3. The van der Waals surface area contributed by atoms with Gasteiger partial charge in [0.15, 0.2) is 5.92 Å². The Morgan fingerprint density at radius 1 is 1.47 bits per heavy atom. The normalized spacial score (nSPS) is 19.9. The van der Waals surface area contributed by atoms with Gasteiger partial charge in [0.1, 0.15) is 0 Å². The number of benzene rings is 1. The molecule has 1 fully saturated rings. The van der Waals surface area contributed by atoms with Gasteiger partial charge in [0.25, 0.3) is 0 Å². The molecule has 1 saturated heterocycles. The van der Waals surface area contributed by atoms with E-state index in [0.29, 0.717) is 10.7 Å². The van der Waals surface area contributed by atoms with Gasteiger partial charge >= 0.3 is 5.97 Å². The number of aliphatic carboxylic acids is 1. The van der Waals surface area contributed by atoms with Gasteiger partial charge in [-0.3, -0.25) is 9.59 Å². The standard InChI is InChI=1S/C10H8ClNO3/c11-7-3-1-2-4-8(7)12-5-6(9(12)13)10(14)15/h1-4,6H,5H2,(H,14,15). The molecule has 0 bridgehead atoms. The molecule has 0 saturated carbocycles. The molecule has 0 spiro atoms. The first-order chi connectivity index (χ1) is 7.11. The van der Waals surface area contributed by atoms with Crippen LogP contribution in [0.5, 0.6) is 0 Å². The van der Waals surface area contributed by atoms with Gasteiger partial charge in [-0.2, -0.15) is 0 Å². The van der Waals surface area contributed by atoms with Crippen LogP contribution in [0.25, 0.3) is 0 Å². The van der Waals surface area contributed by atoms with E-state index in [2.05, 4.69) is 0 Å². The lowest BCUT2D eigenvalue weighted by molar-refractivity contribution is -0.149. The van der Waals surface area contributed by atoms with E-state index in [9.17, 15) is 9.59 Å². The van der Waals surface area contributed by atoms with Crippen molar-refractivity contribution in [2.24, 2.45) is 5.92 Å². The molecular weight excluding hydrogens is 218 g/mol. The summed E-state index contributed by atoms with van der Waals surface area (Å²) in [6.45, 7) is 0.192. The Hall–Kier alpha value is -1.55. The number of amides is 1. The first-order valence-corrected chi connectivity index (χ1v) is 4.78. The van der Waals surface area contributed by atoms with E-state index in [1.54, 1.807) is 24.3 Å². The highest BCUT2D eigenvalue weighted by molar-refractivity contribution is 6.34. The summed E-state index contributed by atoms with van der Waals surface area (Å²) in [5, 5.41) is 9.11. The maximum Gasteiger partial charge on any atom is 0.317 e. The fourth-order valence-electron chi connectivity index (χ4n) is 1.50. The van der Waals surface area contributed by atoms with Gasteiger partial charge in [-0.15, -0.1) is 0 Å². The highest BCUT2D eigenvalue weighted by Gasteiger charge is 2.43. The molecule has 1 atom stereocenters. The molecule has 1 aliphatic rings. The van der Waals surface area contributed by atoms with Crippen LogP contribution in [-0.2, 0) is 9.59 Å². The molecule has 0 aliphatic carbocycles. The summed E-state index contributed by atoms with van der Waals surface area (Å²) < 4.78 is 0. The third-order valence-electron chi connectivity index (χ3n) is 2.37. The number of carboxylic acid groups (broad SMARTS) is 1.